The Morgan fingerprint density at radius 3 is 2.12 bits per heavy atom. The second kappa shape index (κ2) is 12.3. The fraction of sp³-hybridized carbons (Fsp3) is 0.448. The van der Waals surface area contributed by atoms with Crippen LogP contribution in [-0.2, 0) is 17.5 Å². The van der Waals surface area contributed by atoms with E-state index in [2.05, 4.69) is 15.0 Å². The normalized spacial score (nSPS) is 16.1. The molecule has 0 atom stereocenters. The van der Waals surface area contributed by atoms with Crippen molar-refractivity contribution in [1.29, 1.82) is 0 Å². The minimum Gasteiger partial charge on any atom is -0.495 e. The molecule has 1 aromatic carbocycles. The topological polar surface area (TPSA) is 87.0 Å². The first-order valence-electron chi connectivity index (χ1n) is 13.9. The number of carbonyl (C=O) groups excluding carboxylic acids is 2. The maximum atomic E-state index is 13.8. The van der Waals surface area contributed by atoms with Gasteiger partial charge in [-0.1, -0.05) is 11.6 Å². The van der Waals surface area contributed by atoms with Gasteiger partial charge >= 0.3 is 6.18 Å². The highest BCUT2D eigenvalue weighted by Crippen LogP contribution is 2.35. The molecule has 230 valence electrons. The SMILES string of the molecule is COc1cc(N2CCN(C(=O)Cn3nc(C(F)(F)F)c(C)c3C)CC2)c(C(=O)N2CCN(c3ccncc3)CC2)cc1Cl. The third kappa shape index (κ3) is 6.36. The van der Waals surface area contributed by atoms with Crippen LogP contribution in [0.1, 0.15) is 27.3 Å². The van der Waals surface area contributed by atoms with Crippen molar-refractivity contribution in [3.63, 3.8) is 0 Å². The van der Waals surface area contributed by atoms with Gasteiger partial charge in [-0.3, -0.25) is 19.3 Å². The summed E-state index contributed by atoms with van der Waals surface area (Å²) >= 11 is 6.46. The van der Waals surface area contributed by atoms with Crippen molar-refractivity contribution in [2.24, 2.45) is 0 Å². The molecule has 0 bridgehead atoms. The zero-order valence-corrected chi connectivity index (χ0v) is 25.0. The van der Waals surface area contributed by atoms with E-state index < -0.39 is 11.9 Å². The molecule has 14 heteroatoms. The lowest BCUT2D eigenvalue weighted by atomic mass is 10.1. The quantitative estimate of drug-likeness (QED) is 0.414. The van der Waals surface area contributed by atoms with E-state index in [1.807, 2.05) is 21.9 Å². The molecule has 0 N–H and O–H groups in total. The molecule has 10 nitrogen and oxygen atoms in total. The van der Waals surface area contributed by atoms with E-state index in [4.69, 9.17) is 16.3 Å². The van der Waals surface area contributed by atoms with Crippen molar-refractivity contribution < 1.29 is 27.5 Å². The first-order valence-corrected chi connectivity index (χ1v) is 14.3. The minimum atomic E-state index is -4.59. The number of methoxy groups -OCH3 is 1. The van der Waals surface area contributed by atoms with Crippen molar-refractivity contribution in [1.82, 2.24) is 24.6 Å². The molecular formula is C29H33ClF3N7O3. The molecule has 2 aliphatic heterocycles. The first-order chi connectivity index (χ1) is 20.5. The number of aromatic nitrogens is 3. The van der Waals surface area contributed by atoms with Crippen LogP contribution in [0.15, 0.2) is 36.7 Å². The van der Waals surface area contributed by atoms with E-state index in [0.29, 0.717) is 80.1 Å². The Hall–Kier alpha value is -4.00. The zero-order valence-electron chi connectivity index (χ0n) is 24.2. The molecular weight excluding hydrogens is 587 g/mol. The Morgan fingerprint density at radius 2 is 1.53 bits per heavy atom. The number of anilines is 2. The number of pyridine rings is 1. The van der Waals surface area contributed by atoms with E-state index in [9.17, 15) is 22.8 Å². The Balaban J connectivity index is 1.27. The standard InChI is InChI=1S/C29H33ClF3N7O3/c1-19-20(2)40(35-27(19)29(31,32)33)18-26(41)38-12-10-37(11-13-38)24-17-25(43-3)23(30)16-22(24)28(42)39-14-8-36(9-15-39)21-4-6-34-7-5-21/h4-7,16-17H,8-15,18H2,1-3H3. The van der Waals surface area contributed by atoms with E-state index >= 15 is 0 Å². The van der Waals surface area contributed by atoms with Crippen molar-refractivity contribution in [3.05, 3.63) is 64.2 Å². The number of benzene rings is 1. The number of amides is 2. The molecule has 4 heterocycles. The summed E-state index contributed by atoms with van der Waals surface area (Å²) < 4.78 is 46.4. The van der Waals surface area contributed by atoms with Crippen LogP contribution in [0.5, 0.6) is 5.75 Å². The van der Waals surface area contributed by atoms with Gasteiger partial charge in [0.15, 0.2) is 5.69 Å². The Labute approximate surface area is 252 Å². The molecule has 0 spiro atoms. The average molecular weight is 620 g/mol. The summed E-state index contributed by atoms with van der Waals surface area (Å²) in [5.41, 5.74) is 1.50. The van der Waals surface area contributed by atoms with Gasteiger partial charge in [-0.15, -0.1) is 0 Å². The number of nitrogens with zero attached hydrogens (tertiary/aromatic N) is 7. The molecule has 5 rings (SSSR count). The second-order valence-electron chi connectivity index (χ2n) is 10.6. The van der Waals surface area contributed by atoms with Crippen LogP contribution >= 0.6 is 11.6 Å². The van der Waals surface area contributed by atoms with Gasteiger partial charge in [-0.2, -0.15) is 18.3 Å². The second-order valence-corrected chi connectivity index (χ2v) is 11.0. The smallest absolute Gasteiger partial charge is 0.435 e. The molecule has 2 fully saturated rings. The van der Waals surface area contributed by atoms with Crippen LogP contribution in [0.25, 0.3) is 0 Å². The maximum absolute atomic E-state index is 13.8. The fourth-order valence-corrected chi connectivity index (χ4v) is 5.75. The predicted octanol–water partition coefficient (Wildman–Crippen LogP) is 3.89. The third-order valence-electron chi connectivity index (χ3n) is 8.13. The maximum Gasteiger partial charge on any atom is 0.435 e. The van der Waals surface area contributed by atoms with E-state index in [0.717, 1.165) is 10.4 Å². The van der Waals surface area contributed by atoms with Gasteiger partial charge < -0.3 is 24.3 Å². The van der Waals surface area contributed by atoms with Crippen molar-refractivity contribution in [2.75, 3.05) is 69.3 Å². The molecule has 43 heavy (non-hydrogen) atoms. The highest BCUT2D eigenvalue weighted by molar-refractivity contribution is 6.32. The van der Waals surface area contributed by atoms with Crippen LogP contribution in [0.2, 0.25) is 5.02 Å². The minimum absolute atomic E-state index is 0.0118. The van der Waals surface area contributed by atoms with E-state index in [-0.39, 0.29) is 23.9 Å². The van der Waals surface area contributed by atoms with Crippen LogP contribution < -0.4 is 14.5 Å². The summed E-state index contributed by atoms with van der Waals surface area (Å²) in [6.45, 7) is 6.50. The number of alkyl halides is 3. The molecule has 2 aliphatic rings. The predicted molar refractivity (Wildman–Crippen MR) is 156 cm³/mol. The number of ether oxygens (including phenoxy) is 1. The fourth-order valence-electron chi connectivity index (χ4n) is 5.51. The van der Waals surface area contributed by atoms with Crippen molar-refractivity contribution >= 4 is 34.8 Å². The molecule has 0 radical (unpaired) electrons. The van der Waals surface area contributed by atoms with Gasteiger partial charge in [0, 0.05) is 87.8 Å². The lowest BCUT2D eigenvalue weighted by Gasteiger charge is -2.39. The molecule has 3 aromatic rings. The number of hydrogen-bond donors (Lipinski definition) is 0. The summed E-state index contributed by atoms with van der Waals surface area (Å²) in [4.78, 5) is 38.5. The van der Waals surface area contributed by atoms with Crippen molar-refractivity contribution in [3.8, 4) is 5.75 Å². The number of halogens is 4. The molecule has 2 amide bonds. The number of carbonyl (C=O) groups is 2. The monoisotopic (exact) mass is 619 g/mol. The summed E-state index contributed by atoms with van der Waals surface area (Å²) in [5, 5.41) is 3.98. The van der Waals surface area contributed by atoms with E-state index in [1.54, 1.807) is 29.4 Å². The zero-order chi connectivity index (χ0) is 30.9. The number of rotatable bonds is 6. The molecule has 0 aliphatic carbocycles. The first kappa shape index (κ1) is 30.5. The van der Waals surface area contributed by atoms with Gasteiger partial charge in [0.05, 0.1) is 23.4 Å². The molecule has 2 aromatic heterocycles. The summed E-state index contributed by atoms with van der Waals surface area (Å²) in [6.07, 6.45) is -1.10. The van der Waals surface area contributed by atoms with Crippen LogP contribution in [0, 0.1) is 13.8 Å². The highest BCUT2D eigenvalue weighted by Gasteiger charge is 2.37. The van der Waals surface area contributed by atoms with Gasteiger partial charge in [0.25, 0.3) is 5.91 Å². The Bertz CT molecular complexity index is 1480. The third-order valence-corrected chi connectivity index (χ3v) is 8.42. The van der Waals surface area contributed by atoms with Crippen LogP contribution in [0.4, 0.5) is 24.5 Å². The van der Waals surface area contributed by atoms with Gasteiger partial charge in [-0.05, 0) is 32.0 Å². The Kier molecular flexibility index (Phi) is 8.72. The summed E-state index contributed by atoms with van der Waals surface area (Å²) in [7, 11) is 1.50. The highest BCUT2D eigenvalue weighted by atomic mass is 35.5. The van der Waals surface area contributed by atoms with Gasteiger partial charge in [-0.25, -0.2) is 0 Å². The number of hydrogen-bond acceptors (Lipinski definition) is 7. The molecule has 2 saturated heterocycles. The summed E-state index contributed by atoms with van der Waals surface area (Å²) in [5.74, 6) is -0.0345. The Morgan fingerprint density at radius 1 is 0.930 bits per heavy atom. The van der Waals surface area contributed by atoms with Crippen LogP contribution in [0.3, 0.4) is 0 Å². The summed E-state index contributed by atoms with van der Waals surface area (Å²) in [6, 6.07) is 7.27. The lowest BCUT2D eigenvalue weighted by molar-refractivity contribution is -0.142. The van der Waals surface area contributed by atoms with Crippen LogP contribution in [-0.4, -0.2) is 95.8 Å². The number of piperazine rings is 2. The van der Waals surface area contributed by atoms with Gasteiger partial charge in [0.2, 0.25) is 5.91 Å². The van der Waals surface area contributed by atoms with E-state index in [1.165, 1.54) is 21.0 Å². The van der Waals surface area contributed by atoms with Gasteiger partial charge in [0.1, 0.15) is 12.3 Å². The largest absolute Gasteiger partial charge is 0.495 e. The lowest BCUT2D eigenvalue weighted by Crippen LogP contribution is -2.51. The van der Waals surface area contributed by atoms with Crippen molar-refractivity contribution in [2.45, 2.75) is 26.6 Å². The molecule has 0 saturated carbocycles. The molecule has 0 unspecified atom stereocenters. The average Bonchev–Trinajstić information content (AvgIpc) is 3.30.